The normalized spacial score (nSPS) is 20.1. The molecular formula is C34H37NO16S2. The number of carbonyl (C=O) groups excluding carboxylic acids is 4. The Balaban J connectivity index is 1.54. The summed E-state index contributed by atoms with van der Waals surface area (Å²) in [5.41, 5.74) is 0.529. The zero-order valence-electron chi connectivity index (χ0n) is 29.1. The van der Waals surface area contributed by atoms with E-state index in [1.165, 1.54) is 67.7 Å². The maximum atomic E-state index is 13.1. The smallest absolute Gasteiger partial charge is 0.463 e. The van der Waals surface area contributed by atoms with E-state index in [9.17, 15) is 36.0 Å². The second kappa shape index (κ2) is 17.5. The van der Waals surface area contributed by atoms with Crippen LogP contribution in [0.2, 0.25) is 0 Å². The number of hydrogen-bond acceptors (Lipinski definition) is 16. The van der Waals surface area contributed by atoms with Crippen LogP contribution in [0.25, 0.3) is 0 Å². The van der Waals surface area contributed by atoms with E-state index < -0.39 is 87.4 Å². The number of sulfonamides is 1. The van der Waals surface area contributed by atoms with Crippen LogP contribution in [0.1, 0.15) is 33.3 Å². The van der Waals surface area contributed by atoms with Gasteiger partial charge in [-0.2, -0.15) is 4.31 Å². The molecule has 1 aliphatic heterocycles. The lowest BCUT2D eigenvalue weighted by molar-refractivity contribution is -0.288. The standard InChI is InChI=1S/C34H37NO16S2/c1-21(36)44-20-30-31(45-22(2)37)32(46-23(3)38)33(47-24(4)39)34(49-30)48-28-13-9-10-14-29(28)51-53(42,43)50-26-17-15-25(16-18-26)19-35(5)52(40,41)27-11-7-6-8-12-27/h6-18,30-34H,19-20H2,1-5H3/t30-,31+,32+,33-,34?/m1/s1. The third-order valence-corrected chi connectivity index (χ3v) is 9.81. The van der Waals surface area contributed by atoms with Gasteiger partial charge in [-0.3, -0.25) is 19.2 Å². The zero-order valence-corrected chi connectivity index (χ0v) is 30.7. The van der Waals surface area contributed by atoms with Crippen LogP contribution in [0, 0.1) is 0 Å². The van der Waals surface area contributed by atoms with E-state index in [-0.39, 0.29) is 22.9 Å². The highest BCUT2D eigenvalue weighted by molar-refractivity contribution is 7.89. The third kappa shape index (κ3) is 11.4. The van der Waals surface area contributed by atoms with Crippen LogP contribution in [-0.2, 0) is 69.8 Å². The Morgan fingerprint density at radius 1 is 0.660 bits per heavy atom. The highest BCUT2D eigenvalue weighted by atomic mass is 32.3. The maximum absolute atomic E-state index is 13.1. The average molecular weight is 780 g/mol. The van der Waals surface area contributed by atoms with Crippen molar-refractivity contribution in [2.24, 2.45) is 0 Å². The molecule has 0 N–H and O–H groups in total. The summed E-state index contributed by atoms with van der Waals surface area (Å²) in [4.78, 5) is 48.1. The summed E-state index contributed by atoms with van der Waals surface area (Å²) in [7, 11) is -7.23. The van der Waals surface area contributed by atoms with Gasteiger partial charge in [-0.25, -0.2) is 8.42 Å². The highest BCUT2D eigenvalue weighted by Crippen LogP contribution is 2.35. The number of esters is 4. The molecule has 1 saturated heterocycles. The molecule has 5 atom stereocenters. The lowest BCUT2D eigenvalue weighted by Gasteiger charge is -2.43. The molecule has 4 rings (SSSR count). The van der Waals surface area contributed by atoms with Crippen molar-refractivity contribution in [3.63, 3.8) is 0 Å². The van der Waals surface area contributed by atoms with Gasteiger partial charge in [0.1, 0.15) is 18.5 Å². The molecule has 286 valence electrons. The number of nitrogens with zero attached hydrogens (tertiary/aromatic N) is 1. The molecule has 0 radical (unpaired) electrons. The lowest BCUT2D eigenvalue weighted by Crippen LogP contribution is -2.63. The van der Waals surface area contributed by atoms with E-state index in [2.05, 4.69) is 0 Å². The maximum Gasteiger partial charge on any atom is 0.501 e. The molecule has 1 heterocycles. The number of benzene rings is 3. The summed E-state index contributed by atoms with van der Waals surface area (Å²) < 4.78 is 96.3. The fraction of sp³-hybridized carbons (Fsp3) is 0.353. The van der Waals surface area contributed by atoms with Crippen molar-refractivity contribution in [2.45, 2.75) is 69.8 Å². The number of para-hydroxylation sites is 2. The van der Waals surface area contributed by atoms with Gasteiger partial charge in [0.15, 0.2) is 23.7 Å². The van der Waals surface area contributed by atoms with Crippen LogP contribution in [0.4, 0.5) is 0 Å². The second-order valence-corrected chi connectivity index (χ2v) is 14.6. The molecule has 0 aliphatic carbocycles. The predicted octanol–water partition coefficient (Wildman–Crippen LogP) is 2.67. The monoisotopic (exact) mass is 779 g/mol. The van der Waals surface area contributed by atoms with Crippen LogP contribution in [0.3, 0.4) is 0 Å². The van der Waals surface area contributed by atoms with Crippen LogP contribution < -0.4 is 13.1 Å². The van der Waals surface area contributed by atoms with E-state index in [1.807, 2.05) is 0 Å². The average Bonchev–Trinajstić information content (AvgIpc) is 3.07. The van der Waals surface area contributed by atoms with Crippen LogP contribution in [0.5, 0.6) is 17.2 Å². The van der Waals surface area contributed by atoms with Crippen LogP contribution >= 0.6 is 0 Å². The van der Waals surface area contributed by atoms with Crippen molar-refractivity contribution in [1.82, 2.24) is 4.31 Å². The molecule has 3 aromatic carbocycles. The summed E-state index contributed by atoms with van der Waals surface area (Å²) in [6.07, 6.45) is -7.60. The van der Waals surface area contributed by atoms with Crippen molar-refractivity contribution in [3.8, 4) is 17.2 Å². The van der Waals surface area contributed by atoms with Crippen LogP contribution in [-0.4, -0.2) is 89.4 Å². The van der Waals surface area contributed by atoms with Crippen molar-refractivity contribution in [3.05, 3.63) is 84.4 Å². The highest BCUT2D eigenvalue weighted by Gasteiger charge is 2.53. The second-order valence-electron chi connectivity index (χ2n) is 11.4. The summed E-state index contributed by atoms with van der Waals surface area (Å²) in [5.74, 6) is -4.14. The van der Waals surface area contributed by atoms with Gasteiger partial charge in [-0.1, -0.05) is 42.5 Å². The molecule has 0 bridgehead atoms. The molecule has 1 fully saturated rings. The first kappa shape index (κ1) is 40.5. The minimum Gasteiger partial charge on any atom is -0.463 e. The number of ether oxygens (including phenoxy) is 6. The molecule has 0 amide bonds. The lowest BCUT2D eigenvalue weighted by atomic mass is 9.98. The SMILES string of the molecule is CC(=O)OC[C@H]1OC(Oc2ccccc2OS(=O)(=O)Oc2ccc(CN(C)S(=O)(=O)c3ccccc3)cc2)[C@H](OC(C)=O)[C@@H](OC(C)=O)[C@H]1OC(C)=O. The number of rotatable bonds is 15. The van der Waals surface area contributed by atoms with Gasteiger partial charge in [0.05, 0.1) is 4.90 Å². The van der Waals surface area contributed by atoms with Crippen LogP contribution in [0.15, 0.2) is 83.8 Å². The molecule has 0 spiro atoms. The quantitative estimate of drug-likeness (QED) is 0.160. The summed E-state index contributed by atoms with van der Waals surface area (Å²) >= 11 is 0. The van der Waals surface area contributed by atoms with E-state index in [0.717, 1.165) is 32.0 Å². The fourth-order valence-electron chi connectivity index (χ4n) is 5.03. The minimum atomic E-state index is -4.85. The molecule has 1 unspecified atom stereocenters. The van der Waals surface area contributed by atoms with Gasteiger partial charge < -0.3 is 36.8 Å². The van der Waals surface area contributed by atoms with Gasteiger partial charge in [-0.05, 0) is 42.0 Å². The molecule has 0 saturated carbocycles. The predicted molar refractivity (Wildman–Crippen MR) is 181 cm³/mol. The van der Waals surface area contributed by atoms with Gasteiger partial charge in [0.2, 0.25) is 22.4 Å². The summed E-state index contributed by atoms with van der Waals surface area (Å²) in [6, 6.07) is 18.8. The molecule has 0 aromatic heterocycles. The first-order valence-electron chi connectivity index (χ1n) is 15.8. The molecule has 1 aliphatic rings. The summed E-state index contributed by atoms with van der Waals surface area (Å²) in [5, 5.41) is 0. The van der Waals surface area contributed by atoms with Gasteiger partial charge in [-0.15, -0.1) is 8.42 Å². The number of hydrogen-bond donors (Lipinski definition) is 0. The van der Waals surface area contributed by atoms with Crippen molar-refractivity contribution >= 4 is 44.3 Å². The van der Waals surface area contributed by atoms with Crippen molar-refractivity contribution < 1.29 is 72.8 Å². The fourth-order valence-corrected chi connectivity index (χ4v) is 6.95. The number of carbonyl (C=O) groups is 4. The zero-order chi connectivity index (χ0) is 38.9. The van der Waals surface area contributed by atoms with E-state index in [0.29, 0.717) is 5.56 Å². The molecule has 3 aromatic rings. The van der Waals surface area contributed by atoms with Crippen molar-refractivity contribution in [2.75, 3.05) is 13.7 Å². The molecule has 19 heteroatoms. The first-order valence-corrected chi connectivity index (χ1v) is 18.5. The first-order chi connectivity index (χ1) is 24.9. The Hall–Kier alpha value is -5.24. The van der Waals surface area contributed by atoms with E-state index in [4.69, 9.17) is 36.8 Å². The molecular weight excluding hydrogens is 742 g/mol. The Morgan fingerprint density at radius 3 is 1.79 bits per heavy atom. The molecule has 53 heavy (non-hydrogen) atoms. The Labute approximate surface area is 305 Å². The van der Waals surface area contributed by atoms with E-state index in [1.54, 1.807) is 18.2 Å². The Morgan fingerprint density at radius 2 is 1.21 bits per heavy atom. The Kier molecular flexibility index (Phi) is 13.4. The van der Waals surface area contributed by atoms with Gasteiger partial charge in [0, 0.05) is 41.3 Å². The third-order valence-electron chi connectivity index (χ3n) is 7.21. The van der Waals surface area contributed by atoms with Gasteiger partial charge in [0.25, 0.3) is 0 Å². The largest absolute Gasteiger partial charge is 0.501 e. The van der Waals surface area contributed by atoms with Gasteiger partial charge >= 0.3 is 34.3 Å². The van der Waals surface area contributed by atoms with E-state index >= 15 is 0 Å². The minimum absolute atomic E-state index is 0.0231. The Bertz CT molecular complexity index is 1990. The topological polar surface area (TPSA) is 214 Å². The van der Waals surface area contributed by atoms with Crippen molar-refractivity contribution in [1.29, 1.82) is 0 Å². The summed E-state index contributed by atoms with van der Waals surface area (Å²) in [6.45, 7) is 3.75. The molecule has 17 nitrogen and oxygen atoms in total.